The molecule has 0 aliphatic rings. The highest BCUT2D eigenvalue weighted by molar-refractivity contribution is 6.29. The Hall–Kier alpha value is -2.41. The van der Waals surface area contributed by atoms with Crippen molar-refractivity contribution in [2.75, 3.05) is 0 Å². The van der Waals surface area contributed by atoms with Crippen molar-refractivity contribution in [1.29, 1.82) is 0 Å². The summed E-state index contributed by atoms with van der Waals surface area (Å²) in [6, 6.07) is 8.14. The standard InChI is InChI=1S/C14H7ClF3N3O/c15-11-6-5-8(7-19-11)13-20-12(21-22-13)9-3-1-2-4-10(9)14(16,17)18/h1-7H. The molecule has 0 spiro atoms. The lowest BCUT2D eigenvalue weighted by Crippen LogP contribution is -2.07. The maximum Gasteiger partial charge on any atom is 0.417 e. The zero-order valence-corrected chi connectivity index (χ0v) is 11.6. The van der Waals surface area contributed by atoms with Crippen LogP contribution < -0.4 is 0 Å². The molecule has 0 radical (unpaired) electrons. The van der Waals surface area contributed by atoms with E-state index in [4.69, 9.17) is 16.1 Å². The van der Waals surface area contributed by atoms with E-state index >= 15 is 0 Å². The molecule has 1 aromatic carbocycles. The van der Waals surface area contributed by atoms with Crippen molar-refractivity contribution < 1.29 is 17.7 Å². The third-order valence-corrected chi connectivity index (χ3v) is 3.10. The van der Waals surface area contributed by atoms with Gasteiger partial charge in [-0.1, -0.05) is 35.0 Å². The molecular weight excluding hydrogens is 319 g/mol. The molecule has 2 aromatic heterocycles. The average Bonchev–Trinajstić information content (AvgIpc) is 2.97. The molecule has 3 rings (SSSR count). The Bertz CT molecular complexity index is 800. The van der Waals surface area contributed by atoms with E-state index in [2.05, 4.69) is 15.1 Å². The van der Waals surface area contributed by atoms with Crippen molar-refractivity contribution in [2.45, 2.75) is 6.18 Å². The molecule has 4 nitrogen and oxygen atoms in total. The van der Waals surface area contributed by atoms with Gasteiger partial charge in [0.1, 0.15) is 5.15 Å². The number of alkyl halides is 3. The second kappa shape index (κ2) is 5.42. The van der Waals surface area contributed by atoms with E-state index in [0.29, 0.717) is 5.56 Å². The molecular formula is C14H7ClF3N3O. The summed E-state index contributed by atoms with van der Waals surface area (Å²) in [4.78, 5) is 7.85. The van der Waals surface area contributed by atoms with Crippen LogP contribution in [0.5, 0.6) is 0 Å². The molecule has 22 heavy (non-hydrogen) atoms. The number of hydrogen-bond donors (Lipinski definition) is 0. The summed E-state index contributed by atoms with van der Waals surface area (Å²) in [5.41, 5.74) is -0.504. The number of benzene rings is 1. The topological polar surface area (TPSA) is 51.8 Å². The van der Waals surface area contributed by atoms with E-state index in [0.717, 1.165) is 6.07 Å². The lowest BCUT2D eigenvalue weighted by Gasteiger charge is -2.09. The minimum atomic E-state index is -4.50. The molecule has 0 fully saturated rings. The monoisotopic (exact) mass is 325 g/mol. The quantitative estimate of drug-likeness (QED) is 0.652. The van der Waals surface area contributed by atoms with E-state index < -0.39 is 11.7 Å². The van der Waals surface area contributed by atoms with E-state index in [9.17, 15) is 13.2 Å². The zero-order valence-electron chi connectivity index (χ0n) is 10.8. The lowest BCUT2D eigenvalue weighted by molar-refractivity contribution is -0.137. The van der Waals surface area contributed by atoms with Crippen molar-refractivity contribution in [3.8, 4) is 22.8 Å². The summed E-state index contributed by atoms with van der Waals surface area (Å²) in [5, 5.41) is 3.90. The Kier molecular flexibility index (Phi) is 3.58. The Balaban J connectivity index is 2.03. The Morgan fingerprint density at radius 1 is 1.05 bits per heavy atom. The third kappa shape index (κ3) is 2.80. The molecule has 0 amide bonds. The van der Waals surface area contributed by atoms with Crippen molar-refractivity contribution >= 4 is 11.6 Å². The number of nitrogens with zero attached hydrogens (tertiary/aromatic N) is 3. The van der Waals surface area contributed by atoms with Gasteiger partial charge < -0.3 is 4.52 Å². The molecule has 0 saturated heterocycles. The summed E-state index contributed by atoms with van der Waals surface area (Å²) >= 11 is 5.67. The number of aromatic nitrogens is 3. The normalized spacial score (nSPS) is 11.6. The van der Waals surface area contributed by atoms with E-state index in [1.165, 1.54) is 30.5 Å². The first-order valence-corrected chi connectivity index (χ1v) is 6.45. The molecule has 0 aliphatic heterocycles. The Morgan fingerprint density at radius 3 is 2.50 bits per heavy atom. The van der Waals surface area contributed by atoms with Gasteiger partial charge in [-0.3, -0.25) is 0 Å². The third-order valence-electron chi connectivity index (χ3n) is 2.87. The molecule has 0 N–H and O–H groups in total. The first kappa shape index (κ1) is 14.5. The summed E-state index contributed by atoms with van der Waals surface area (Å²) in [5.74, 6) is -0.0750. The molecule has 0 bridgehead atoms. The Morgan fingerprint density at radius 2 is 1.82 bits per heavy atom. The van der Waals surface area contributed by atoms with Crippen LogP contribution in [0.3, 0.4) is 0 Å². The zero-order chi connectivity index (χ0) is 15.7. The molecule has 112 valence electrons. The molecule has 0 aliphatic carbocycles. The van der Waals surface area contributed by atoms with Gasteiger partial charge in [0.2, 0.25) is 5.82 Å². The highest BCUT2D eigenvalue weighted by Crippen LogP contribution is 2.36. The molecule has 8 heteroatoms. The van der Waals surface area contributed by atoms with Crippen LogP contribution in [0.25, 0.3) is 22.8 Å². The fourth-order valence-corrected chi connectivity index (χ4v) is 1.99. The second-order valence-electron chi connectivity index (χ2n) is 4.34. The number of halogens is 4. The van der Waals surface area contributed by atoms with Gasteiger partial charge in [-0.25, -0.2) is 4.98 Å². The van der Waals surface area contributed by atoms with Crippen LogP contribution in [-0.2, 0) is 6.18 Å². The minimum Gasteiger partial charge on any atom is -0.334 e. The van der Waals surface area contributed by atoms with Crippen molar-refractivity contribution in [1.82, 2.24) is 15.1 Å². The van der Waals surface area contributed by atoms with E-state index in [1.807, 2.05) is 0 Å². The largest absolute Gasteiger partial charge is 0.417 e. The predicted octanol–water partition coefficient (Wildman–Crippen LogP) is 4.47. The molecule has 0 unspecified atom stereocenters. The van der Waals surface area contributed by atoms with Crippen LogP contribution in [0, 0.1) is 0 Å². The van der Waals surface area contributed by atoms with Gasteiger partial charge in [-0.15, -0.1) is 0 Å². The second-order valence-corrected chi connectivity index (χ2v) is 4.72. The fourth-order valence-electron chi connectivity index (χ4n) is 1.88. The lowest BCUT2D eigenvalue weighted by atomic mass is 10.1. The van der Waals surface area contributed by atoms with Gasteiger partial charge in [-0.2, -0.15) is 18.2 Å². The highest BCUT2D eigenvalue weighted by atomic mass is 35.5. The maximum absolute atomic E-state index is 13.0. The van der Waals surface area contributed by atoms with Gasteiger partial charge in [0.15, 0.2) is 0 Å². The number of hydrogen-bond acceptors (Lipinski definition) is 4. The van der Waals surface area contributed by atoms with Crippen LogP contribution in [-0.4, -0.2) is 15.1 Å². The SMILES string of the molecule is FC(F)(F)c1ccccc1-c1noc(-c2ccc(Cl)nc2)n1. The maximum atomic E-state index is 13.0. The van der Waals surface area contributed by atoms with E-state index in [1.54, 1.807) is 6.07 Å². The van der Waals surface area contributed by atoms with Gasteiger partial charge in [-0.05, 0) is 18.2 Å². The first-order chi connectivity index (χ1) is 10.4. The van der Waals surface area contributed by atoms with Crippen molar-refractivity contribution in [3.63, 3.8) is 0 Å². The fraction of sp³-hybridized carbons (Fsp3) is 0.0714. The summed E-state index contributed by atoms with van der Waals surface area (Å²) in [7, 11) is 0. The Labute approximate surface area is 127 Å². The van der Waals surface area contributed by atoms with E-state index in [-0.39, 0.29) is 22.4 Å². The van der Waals surface area contributed by atoms with Crippen LogP contribution in [0.2, 0.25) is 5.15 Å². The molecule has 0 saturated carbocycles. The number of pyridine rings is 1. The van der Waals surface area contributed by atoms with Crippen molar-refractivity contribution in [2.24, 2.45) is 0 Å². The van der Waals surface area contributed by atoms with Gasteiger partial charge >= 0.3 is 6.18 Å². The summed E-state index contributed by atoms with van der Waals surface area (Å²) in [6.45, 7) is 0. The van der Waals surface area contributed by atoms with Crippen LogP contribution in [0.15, 0.2) is 47.1 Å². The molecule has 2 heterocycles. The number of rotatable bonds is 2. The minimum absolute atomic E-state index is 0.0659. The summed E-state index contributed by atoms with van der Waals surface area (Å²) in [6.07, 6.45) is -3.10. The van der Waals surface area contributed by atoms with Crippen LogP contribution in [0.1, 0.15) is 5.56 Å². The van der Waals surface area contributed by atoms with Gasteiger partial charge in [0.25, 0.3) is 5.89 Å². The van der Waals surface area contributed by atoms with Gasteiger partial charge in [0, 0.05) is 11.8 Å². The molecule has 3 aromatic rings. The smallest absolute Gasteiger partial charge is 0.334 e. The molecule has 0 atom stereocenters. The van der Waals surface area contributed by atoms with Crippen LogP contribution in [0.4, 0.5) is 13.2 Å². The van der Waals surface area contributed by atoms with Gasteiger partial charge in [0.05, 0.1) is 11.1 Å². The highest BCUT2D eigenvalue weighted by Gasteiger charge is 2.34. The first-order valence-electron chi connectivity index (χ1n) is 6.07. The average molecular weight is 326 g/mol. The predicted molar refractivity (Wildman–Crippen MR) is 73.0 cm³/mol. The van der Waals surface area contributed by atoms with Crippen LogP contribution >= 0.6 is 11.6 Å². The van der Waals surface area contributed by atoms with Crippen molar-refractivity contribution in [3.05, 3.63) is 53.3 Å². The summed E-state index contributed by atoms with van der Waals surface area (Å²) < 4.78 is 44.0.